The van der Waals surface area contributed by atoms with Gasteiger partial charge in [-0.25, -0.2) is 0 Å². The summed E-state index contributed by atoms with van der Waals surface area (Å²) in [4.78, 5) is 38.1. The summed E-state index contributed by atoms with van der Waals surface area (Å²) in [6, 6.07) is 7.09. The van der Waals surface area contributed by atoms with Gasteiger partial charge in [0.15, 0.2) is 6.61 Å². The maximum Gasteiger partial charge on any atom is 0.309 e. The molecule has 0 saturated heterocycles. The highest BCUT2D eigenvalue weighted by Crippen LogP contribution is 2.36. The number of nitrogens with one attached hydrogen (secondary N) is 1. The average molecular weight is 316 g/mol. The summed E-state index contributed by atoms with van der Waals surface area (Å²) in [5, 5.41) is 2.80. The number of hydrogen-bond donors (Lipinski definition) is 1. The Hall–Kier alpha value is -2.37. The third-order valence-electron chi connectivity index (χ3n) is 4.53. The van der Waals surface area contributed by atoms with Crippen LogP contribution in [0.3, 0.4) is 0 Å². The minimum absolute atomic E-state index is 0.0762. The van der Waals surface area contributed by atoms with Gasteiger partial charge in [0.2, 0.25) is 5.91 Å². The Morgan fingerprint density at radius 3 is 2.65 bits per heavy atom. The van der Waals surface area contributed by atoms with Gasteiger partial charge < -0.3 is 10.1 Å². The Morgan fingerprint density at radius 2 is 2.00 bits per heavy atom. The van der Waals surface area contributed by atoms with Gasteiger partial charge in [-0.05, 0) is 38.8 Å². The lowest BCUT2D eigenvalue weighted by Gasteiger charge is -2.41. The molecule has 1 aromatic rings. The van der Waals surface area contributed by atoms with Crippen molar-refractivity contribution in [3.05, 3.63) is 24.3 Å². The van der Waals surface area contributed by atoms with Crippen LogP contribution < -0.4 is 10.2 Å². The van der Waals surface area contributed by atoms with Crippen LogP contribution in [-0.2, 0) is 19.1 Å². The van der Waals surface area contributed by atoms with Gasteiger partial charge in [0, 0.05) is 0 Å². The van der Waals surface area contributed by atoms with Crippen molar-refractivity contribution >= 4 is 29.2 Å². The molecule has 0 aromatic heterocycles. The molecular formula is C17H20N2O4. The monoisotopic (exact) mass is 316 g/mol. The van der Waals surface area contributed by atoms with Gasteiger partial charge in [-0.3, -0.25) is 19.3 Å². The zero-order chi connectivity index (χ0) is 16.6. The molecule has 6 nitrogen and oxygen atoms in total. The van der Waals surface area contributed by atoms with Crippen molar-refractivity contribution < 1.29 is 19.1 Å². The molecule has 0 spiro atoms. The largest absolute Gasteiger partial charge is 0.455 e. The number of para-hydroxylation sites is 2. The summed E-state index contributed by atoms with van der Waals surface area (Å²) in [6.45, 7) is 2.99. The van der Waals surface area contributed by atoms with E-state index >= 15 is 0 Å². The van der Waals surface area contributed by atoms with Crippen LogP contribution in [0.15, 0.2) is 24.3 Å². The van der Waals surface area contributed by atoms with Crippen LogP contribution in [0.25, 0.3) is 0 Å². The molecule has 0 unspecified atom stereocenters. The second-order valence-electron chi connectivity index (χ2n) is 6.49. The summed E-state index contributed by atoms with van der Waals surface area (Å²) in [7, 11) is 0. The van der Waals surface area contributed by atoms with Gasteiger partial charge in [-0.1, -0.05) is 18.6 Å². The number of carbonyl (C=O) groups excluding carboxylic acids is 3. The Balaban J connectivity index is 1.79. The standard InChI is InChI=1S/C17H20N2O4/c1-17(2)16(22)18-12-8-3-4-9-13(12)19(17)14(20)10-23-15(21)11-6-5-7-11/h3-4,8-9,11H,5-7,10H2,1-2H3,(H,18,22). The molecule has 1 saturated carbocycles. The third-order valence-corrected chi connectivity index (χ3v) is 4.53. The van der Waals surface area contributed by atoms with Crippen LogP contribution in [0.5, 0.6) is 0 Å². The van der Waals surface area contributed by atoms with Crippen LogP contribution >= 0.6 is 0 Å². The Bertz CT molecular complexity index is 664. The molecule has 2 amide bonds. The lowest BCUT2D eigenvalue weighted by molar-refractivity contribution is -0.154. The molecule has 2 aliphatic rings. The molecule has 6 heteroatoms. The molecule has 1 fully saturated rings. The molecule has 3 rings (SSSR count). The number of ether oxygens (including phenoxy) is 1. The van der Waals surface area contributed by atoms with Gasteiger partial charge >= 0.3 is 5.97 Å². The first-order valence-electron chi connectivity index (χ1n) is 7.81. The van der Waals surface area contributed by atoms with Crippen LogP contribution in [-0.4, -0.2) is 29.9 Å². The molecular weight excluding hydrogens is 296 g/mol. The van der Waals surface area contributed by atoms with Crippen LogP contribution in [0, 0.1) is 5.92 Å². The van der Waals surface area contributed by atoms with Crippen molar-refractivity contribution in [2.75, 3.05) is 16.8 Å². The van der Waals surface area contributed by atoms with E-state index in [9.17, 15) is 14.4 Å². The van der Waals surface area contributed by atoms with Crippen molar-refractivity contribution in [3.63, 3.8) is 0 Å². The number of fused-ring (bicyclic) bond motifs is 1. The van der Waals surface area contributed by atoms with E-state index in [1.165, 1.54) is 4.90 Å². The zero-order valence-corrected chi connectivity index (χ0v) is 13.3. The molecule has 0 atom stereocenters. The maximum absolute atomic E-state index is 12.6. The van der Waals surface area contributed by atoms with Crippen molar-refractivity contribution in [2.45, 2.75) is 38.6 Å². The minimum atomic E-state index is -1.05. The summed E-state index contributed by atoms with van der Waals surface area (Å²) in [5.41, 5.74) is 0.145. The molecule has 1 aromatic carbocycles. The molecule has 1 aliphatic heterocycles. The molecule has 1 N–H and O–H groups in total. The van der Waals surface area contributed by atoms with Gasteiger partial charge in [-0.15, -0.1) is 0 Å². The number of hydrogen-bond acceptors (Lipinski definition) is 4. The van der Waals surface area contributed by atoms with E-state index in [1.54, 1.807) is 38.1 Å². The smallest absolute Gasteiger partial charge is 0.309 e. The number of carbonyl (C=O) groups is 3. The van der Waals surface area contributed by atoms with E-state index in [0.29, 0.717) is 11.4 Å². The van der Waals surface area contributed by atoms with Gasteiger partial charge in [-0.2, -0.15) is 0 Å². The van der Waals surface area contributed by atoms with Gasteiger partial charge in [0.1, 0.15) is 5.54 Å². The minimum Gasteiger partial charge on any atom is -0.455 e. The lowest BCUT2D eigenvalue weighted by Crippen LogP contribution is -2.59. The maximum atomic E-state index is 12.6. The first-order valence-corrected chi connectivity index (χ1v) is 7.81. The van der Waals surface area contributed by atoms with E-state index in [-0.39, 0.29) is 24.4 Å². The molecule has 1 heterocycles. The van der Waals surface area contributed by atoms with Gasteiger partial charge in [0.05, 0.1) is 17.3 Å². The van der Waals surface area contributed by atoms with Crippen molar-refractivity contribution in [1.29, 1.82) is 0 Å². The van der Waals surface area contributed by atoms with E-state index < -0.39 is 11.4 Å². The Labute approximate surface area is 134 Å². The number of rotatable bonds is 3. The highest BCUT2D eigenvalue weighted by atomic mass is 16.5. The SMILES string of the molecule is CC1(C)C(=O)Nc2ccccc2N1C(=O)COC(=O)C1CCC1. The highest BCUT2D eigenvalue weighted by molar-refractivity contribution is 6.14. The quantitative estimate of drug-likeness (QED) is 0.866. The number of amides is 2. The van der Waals surface area contributed by atoms with Crippen molar-refractivity contribution in [2.24, 2.45) is 5.92 Å². The zero-order valence-electron chi connectivity index (χ0n) is 13.3. The Kier molecular flexibility index (Phi) is 3.83. The summed E-state index contributed by atoms with van der Waals surface area (Å²) < 4.78 is 5.14. The van der Waals surface area contributed by atoms with Crippen LogP contribution in [0.1, 0.15) is 33.1 Å². The molecule has 1 aliphatic carbocycles. The third kappa shape index (κ3) is 2.69. The topological polar surface area (TPSA) is 75.7 Å². The number of anilines is 2. The number of benzene rings is 1. The summed E-state index contributed by atoms with van der Waals surface area (Å²) >= 11 is 0. The van der Waals surface area contributed by atoms with Crippen molar-refractivity contribution in [3.8, 4) is 0 Å². The fraction of sp³-hybridized carbons (Fsp3) is 0.471. The molecule has 0 radical (unpaired) electrons. The predicted octanol–water partition coefficient (Wildman–Crippen LogP) is 2.09. The van der Waals surface area contributed by atoms with E-state index in [0.717, 1.165) is 19.3 Å². The Morgan fingerprint density at radius 1 is 1.30 bits per heavy atom. The normalized spacial score (nSPS) is 19.4. The summed E-state index contributed by atoms with van der Waals surface area (Å²) in [6.07, 6.45) is 2.68. The first kappa shape index (κ1) is 15.5. The number of esters is 1. The van der Waals surface area contributed by atoms with Gasteiger partial charge in [0.25, 0.3) is 5.91 Å². The molecule has 0 bridgehead atoms. The fourth-order valence-electron chi connectivity index (χ4n) is 2.86. The van der Waals surface area contributed by atoms with E-state index in [2.05, 4.69) is 5.32 Å². The second kappa shape index (κ2) is 5.68. The van der Waals surface area contributed by atoms with Crippen LogP contribution in [0.2, 0.25) is 0 Å². The second-order valence-corrected chi connectivity index (χ2v) is 6.49. The fourth-order valence-corrected chi connectivity index (χ4v) is 2.86. The predicted molar refractivity (Wildman–Crippen MR) is 84.9 cm³/mol. The highest BCUT2D eigenvalue weighted by Gasteiger charge is 2.43. The van der Waals surface area contributed by atoms with E-state index in [1.807, 2.05) is 0 Å². The summed E-state index contributed by atoms with van der Waals surface area (Å²) in [5.74, 6) is -1.07. The molecule has 23 heavy (non-hydrogen) atoms. The van der Waals surface area contributed by atoms with E-state index in [4.69, 9.17) is 4.74 Å². The first-order chi connectivity index (χ1) is 10.9. The van der Waals surface area contributed by atoms with Crippen molar-refractivity contribution in [1.82, 2.24) is 0 Å². The average Bonchev–Trinajstić information content (AvgIpc) is 2.44. The lowest BCUT2D eigenvalue weighted by atomic mass is 9.86. The van der Waals surface area contributed by atoms with Crippen LogP contribution in [0.4, 0.5) is 11.4 Å². The number of nitrogens with zero attached hydrogens (tertiary/aromatic N) is 1. The molecule has 122 valence electrons.